The van der Waals surface area contributed by atoms with Crippen LogP contribution in [0.15, 0.2) is 18.2 Å². The van der Waals surface area contributed by atoms with E-state index in [1.165, 1.54) is 6.07 Å². The first-order chi connectivity index (χ1) is 9.73. The molecule has 1 saturated heterocycles. The van der Waals surface area contributed by atoms with Crippen LogP contribution in [0.3, 0.4) is 0 Å². The van der Waals surface area contributed by atoms with E-state index >= 15 is 0 Å². The van der Waals surface area contributed by atoms with Crippen LogP contribution < -0.4 is 4.90 Å². The summed E-state index contributed by atoms with van der Waals surface area (Å²) in [4.78, 5) is 2.04. The Hall–Kier alpha value is -1.70. The second-order valence-corrected chi connectivity index (χ2v) is 6.35. The molecule has 0 spiro atoms. The van der Waals surface area contributed by atoms with E-state index in [4.69, 9.17) is 5.26 Å². The summed E-state index contributed by atoms with van der Waals surface area (Å²) in [5, 5.41) is 9.17. The third-order valence-corrected chi connectivity index (χ3v) is 4.13. The van der Waals surface area contributed by atoms with Crippen LogP contribution in [-0.4, -0.2) is 13.1 Å². The summed E-state index contributed by atoms with van der Waals surface area (Å²) in [7, 11) is 0. The lowest BCUT2D eigenvalue weighted by atomic mass is 9.85. The Morgan fingerprint density at radius 3 is 2.52 bits per heavy atom. The molecule has 1 aliphatic heterocycles. The largest absolute Gasteiger partial charge is 0.416 e. The SMILES string of the molecule is CC1(C)CCCN(c2ccc(C(F)(F)F)cc2C#N)CC1. The fourth-order valence-electron chi connectivity index (χ4n) is 2.74. The van der Waals surface area contributed by atoms with Gasteiger partial charge in [-0.3, -0.25) is 0 Å². The maximum absolute atomic E-state index is 12.7. The Kier molecular flexibility index (Phi) is 4.18. The number of nitriles is 1. The monoisotopic (exact) mass is 296 g/mol. The summed E-state index contributed by atoms with van der Waals surface area (Å²) in [6, 6.07) is 5.35. The van der Waals surface area contributed by atoms with E-state index in [0.717, 1.165) is 44.5 Å². The summed E-state index contributed by atoms with van der Waals surface area (Å²) in [6.45, 7) is 5.96. The van der Waals surface area contributed by atoms with E-state index < -0.39 is 11.7 Å². The van der Waals surface area contributed by atoms with Crippen molar-refractivity contribution in [3.05, 3.63) is 29.3 Å². The number of nitrogens with zero attached hydrogens (tertiary/aromatic N) is 2. The van der Waals surface area contributed by atoms with E-state index in [9.17, 15) is 13.2 Å². The quantitative estimate of drug-likeness (QED) is 0.757. The second kappa shape index (κ2) is 5.59. The molecule has 1 aromatic rings. The van der Waals surface area contributed by atoms with Crippen molar-refractivity contribution < 1.29 is 13.2 Å². The van der Waals surface area contributed by atoms with E-state index in [2.05, 4.69) is 13.8 Å². The number of hydrogen-bond donors (Lipinski definition) is 0. The van der Waals surface area contributed by atoms with Gasteiger partial charge in [-0.2, -0.15) is 18.4 Å². The maximum atomic E-state index is 12.7. The molecule has 0 unspecified atom stereocenters. The average Bonchev–Trinajstić information content (AvgIpc) is 2.58. The molecule has 1 heterocycles. The highest BCUT2D eigenvalue weighted by atomic mass is 19.4. The molecular weight excluding hydrogens is 277 g/mol. The first-order valence-electron chi connectivity index (χ1n) is 7.09. The molecule has 1 fully saturated rings. The van der Waals surface area contributed by atoms with Gasteiger partial charge in [-0.25, -0.2) is 0 Å². The average molecular weight is 296 g/mol. The van der Waals surface area contributed by atoms with Crippen molar-refractivity contribution in [1.29, 1.82) is 5.26 Å². The normalized spacial score (nSPS) is 19.0. The lowest BCUT2D eigenvalue weighted by Crippen LogP contribution is -2.26. The summed E-state index contributed by atoms with van der Waals surface area (Å²) < 4.78 is 38.2. The number of halogens is 3. The van der Waals surface area contributed by atoms with Crippen LogP contribution in [0.25, 0.3) is 0 Å². The smallest absolute Gasteiger partial charge is 0.370 e. The van der Waals surface area contributed by atoms with E-state index in [1.807, 2.05) is 11.0 Å². The molecule has 0 aromatic heterocycles. The summed E-state index contributed by atoms with van der Waals surface area (Å²) in [6.07, 6.45) is -1.37. The van der Waals surface area contributed by atoms with Gasteiger partial charge < -0.3 is 4.90 Å². The van der Waals surface area contributed by atoms with Crippen molar-refractivity contribution in [2.45, 2.75) is 39.3 Å². The molecule has 0 atom stereocenters. The third kappa shape index (κ3) is 3.69. The van der Waals surface area contributed by atoms with Gasteiger partial charge in [0.05, 0.1) is 16.8 Å². The number of anilines is 1. The Labute approximate surface area is 123 Å². The van der Waals surface area contributed by atoms with Gasteiger partial charge in [0.1, 0.15) is 6.07 Å². The summed E-state index contributed by atoms with van der Waals surface area (Å²) in [5.41, 5.74) is 0.193. The van der Waals surface area contributed by atoms with Crippen molar-refractivity contribution in [3.8, 4) is 6.07 Å². The fourth-order valence-corrected chi connectivity index (χ4v) is 2.74. The zero-order chi connectivity index (χ0) is 15.7. The zero-order valence-corrected chi connectivity index (χ0v) is 12.3. The molecule has 5 heteroatoms. The Bertz CT molecular complexity index is 556. The molecule has 0 aliphatic carbocycles. The molecular formula is C16H19F3N2. The molecule has 2 rings (SSSR count). The summed E-state index contributed by atoms with van der Waals surface area (Å²) >= 11 is 0. The molecule has 21 heavy (non-hydrogen) atoms. The van der Waals surface area contributed by atoms with Gasteiger partial charge in [-0.15, -0.1) is 0 Å². The standard InChI is InChI=1S/C16H19F3N2/c1-15(2)6-3-8-21(9-7-15)14-5-4-13(16(17,18)19)10-12(14)11-20/h4-5,10H,3,6-9H2,1-2H3. The molecule has 0 saturated carbocycles. The predicted molar refractivity (Wildman–Crippen MR) is 76.0 cm³/mol. The minimum absolute atomic E-state index is 0.101. The molecule has 1 aromatic carbocycles. The first kappa shape index (κ1) is 15.7. The van der Waals surface area contributed by atoms with Crippen LogP contribution in [0.1, 0.15) is 44.2 Å². The summed E-state index contributed by atoms with van der Waals surface area (Å²) in [5.74, 6) is 0. The van der Waals surface area contributed by atoms with Crippen LogP contribution in [-0.2, 0) is 6.18 Å². The molecule has 0 N–H and O–H groups in total. The van der Waals surface area contributed by atoms with E-state index in [-0.39, 0.29) is 11.0 Å². The van der Waals surface area contributed by atoms with Gasteiger partial charge in [-0.1, -0.05) is 13.8 Å². The van der Waals surface area contributed by atoms with Crippen molar-refractivity contribution in [3.63, 3.8) is 0 Å². The lowest BCUT2D eigenvalue weighted by molar-refractivity contribution is -0.137. The van der Waals surface area contributed by atoms with Gasteiger partial charge in [0, 0.05) is 13.1 Å². The topological polar surface area (TPSA) is 27.0 Å². The third-order valence-electron chi connectivity index (χ3n) is 4.13. The van der Waals surface area contributed by atoms with Gasteiger partial charge in [-0.05, 0) is 42.9 Å². The van der Waals surface area contributed by atoms with Crippen LogP contribution in [0.2, 0.25) is 0 Å². The lowest BCUT2D eigenvalue weighted by Gasteiger charge is -2.26. The number of rotatable bonds is 1. The minimum Gasteiger partial charge on any atom is -0.370 e. The van der Waals surface area contributed by atoms with Crippen molar-refractivity contribution in [2.75, 3.05) is 18.0 Å². The van der Waals surface area contributed by atoms with Crippen LogP contribution in [0, 0.1) is 16.7 Å². The highest BCUT2D eigenvalue weighted by Crippen LogP contribution is 2.35. The van der Waals surface area contributed by atoms with Crippen molar-refractivity contribution >= 4 is 5.69 Å². The molecule has 2 nitrogen and oxygen atoms in total. The Morgan fingerprint density at radius 2 is 1.90 bits per heavy atom. The molecule has 0 bridgehead atoms. The van der Waals surface area contributed by atoms with Crippen LogP contribution >= 0.6 is 0 Å². The van der Waals surface area contributed by atoms with Crippen molar-refractivity contribution in [2.24, 2.45) is 5.41 Å². The van der Waals surface area contributed by atoms with Crippen LogP contribution in [0.5, 0.6) is 0 Å². The number of alkyl halides is 3. The van der Waals surface area contributed by atoms with Gasteiger partial charge in [0.25, 0.3) is 0 Å². The highest BCUT2D eigenvalue weighted by molar-refractivity contribution is 5.61. The maximum Gasteiger partial charge on any atom is 0.416 e. The number of hydrogen-bond acceptors (Lipinski definition) is 2. The zero-order valence-electron chi connectivity index (χ0n) is 12.3. The highest BCUT2D eigenvalue weighted by Gasteiger charge is 2.32. The van der Waals surface area contributed by atoms with Crippen LogP contribution in [0.4, 0.5) is 18.9 Å². The van der Waals surface area contributed by atoms with Gasteiger partial charge in [0.15, 0.2) is 0 Å². The van der Waals surface area contributed by atoms with Gasteiger partial charge in [0.2, 0.25) is 0 Å². The minimum atomic E-state index is -4.41. The van der Waals surface area contributed by atoms with Gasteiger partial charge >= 0.3 is 6.18 Å². The second-order valence-electron chi connectivity index (χ2n) is 6.35. The molecule has 0 radical (unpaired) electrons. The van der Waals surface area contributed by atoms with Crippen molar-refractivity contribution in [1.82, 2.24) is 0 Å². The first-order valence-corrected chi connectivity index (χ1v) is 7.09. The molecule has 114 valence electrons. The van der Waals surface area contributed by atoms with E-state index in [1.54, 1.807) is 0 Å². The molecule has 0 amide bonds. The molecule has 1 aliphatic rings. The fraction of sp³-hybridized carbons (Fsp3) is 0.562. The van der Waals surface area contributed by atoms with E-state index in [0.29, 0.717) is 5.69 Å². The Balaban J connectivity index is 2.30. The predicted octanol–water partition coefficient (Wildman–Crippen LogP) is 4.59. The Morgan fingerprint density at radius 1 is 1.19 bits per heavy atom. The number of benzene rings is 1.